The Bertz CT molecular complexity index is 1550. The fourth-order valence-electron chi connectivity index (χ4n) is 8.13. The van der Waals surface area contributed by atoms with E-state index in [-0.39, 0.29) is 31.1 Å². The first-order valence-electron chi connectivity index (χ1n) is 30.5. The van der Waals surface area contributed by atoms with Gasteiger partial charge >= 0.3 is 17.9 Å². The topological polar surface area (TPSA) is 78.9 Å². The summed E-state index contributed by atoms with van der Waals surface area (Å²) < 4.78 is 16.8. The predicted molar refractivity (Wildman–Crippen MR) is 320 cm³/mol. The number of carbonyl (C=O) groups is 3. The summed E-state index contributed by atoms with van der Waals surface area (Å²) in [6.07, 6.45) is 85.0. The van der Waals surface area contributed by atoms with Crippen LogP contribution in [0.2, 0.25) is 0 Å². The molecule has 0 bridgehead atoms. The lowest BCUT2D eigenvalue weighted by molar-refractivity contribution is -0.167. The second-order valence-corrected chi connectivity index (χ2v) is 19.9. The first-order chi connectivity index (χ1) is 36.5. The van der Waals surface area contributed by atoms with Crippen LogP contribution in [0.25, 0.3) is 0 Å². The van der Waals surface area contributed by atoms with E-state index in [4.69, 9.17) is 14.2 Å². The van der Waals surface area contributed by atoms with E-state index in [1.807, 2.05) is 0 Å². The van der Waals surface area contributed by atoms with Crippen molar-refractivity contribution in [2.45, 2.75) is 277 Å². The van der Waals surface area contributed by atoms with E-state index >= 15 is 0 Å². The second kappa shape index (κ2) is 61.4. The SMILES string of the molecule is CC/C=C\C/C=C\C/C=C\C/C=C\C/C=C\C/C=C\C/C=C\C/C=C\C/C=C\CCCCCCCCCC(=O)OCC(COC(=O)CCCCCCCCCC)OC(=O)CCCCCCC/C=C\CCCCCC. The van der Waals surface area contributed by atoms with Crippen molar-refractivity contribution < 1.29 is 28.6 Å². The summed E-state index contributed by atoms with van der Waals surface area (Å²) in [5.74, 6) is -0.910. The average Bonchev–Trinajstić information content (AvgIpc) is 3.40. The van der Waals surface area contributed by atoms with E-state index in [1.165, 1.54) is 96.3 Å². The molecular weight excluding hydrogens is 913 g/mol. The van der Waals surface area contributed by atoms with E-state index in [0.717, 1.165) is 135 Å². The molecule has 1 unspecified atom stereocenters. The van der Waals surface area contributed by atoms with Crippen LogP contribution in [0.15, 0.2) is 122 Å². The van der Waals surface area contributed by atoms with Gasteiger partial charge in [0, 0.05) is 19.3 Å². The summed E-state index contributed by atoms with van der Waals surface area (Å²) >= 11 is 0. The van der Waals surface area contributed by atoms with Gasteiger partial charge in [0.15, 0.2) is 6.10 Å². The third-order valence-electron chi connectivity index (χ3n) is 12.7. The molecular formula is C68H112O6. The normalized spacial score (nSPS) is 13.0. The van der Waals surface area contributed by atoms with Crippen LogP contribution in [-0.2, 0) is 28.6 Å². The van der Waals surface area contributed by atoms with Gasteiger partial charge in [-0.1, -0.05) is 258 Å². The fourth-order valence-corrected chi connectivity index (χ4v) is 8.13. The van der Waals surface area contributed by atoms with Crippen molar-refractivity contribution in [3.05, 3.63) is 122 Å². The number of hydrogen-bond donors (Lipinski definition) is 0. The molecule has 420 valence electrons. The van der Waals surface area contributed by atoms with Crippen molar-refractivity contribution >= 4 is 17.9 Å². The molecule has 0 spiro atoms. The molecule has 0 rings (SSSR count). The summed E-state index contributed by atoms with van der Waals surface area (Å²) in [5.41, 5.74) is 0. The number of esters is 3. The molecule has 1 atom stereocenters. The lowest BCUT2D eigenvalue weighted by Gasteiger charge is -2.18. The first-order valence-corrected chi connectivity index (χ1v) is 30.5. The molecule has 0 saturated carbocycles. The zero-order chi connectivity index (χ0) is 53.6. The Morgan fingerprint density at radius 1 is 0.284 bits per heavy atom. The van der Waals surface area contributed by atoms with Crippen LogP contribution in [0, 0.1) is 0 Å². The molecule has 0 fully saturated rings. The van der Waals surface area contributed by atoms with Gasteiger partial charge in [0.25, 0.3) is 0 Å². The Morgan fingerprint density at radius 2 is 0.527 bits per heavy atom. The highest BCUT2D eigenvalue weighted by Gasteiger charge is 2.19. The average molecular weight is 1030 g/mol. The Morgan fingerprint density at radius 3 is 0.851 bits per heavy atom. The highest BCUT2D eigenvalue weighted by Crippen LogP contribution is 2.14. The standard InChI is InChI=1S/C68H112O6/c1-4-7-10-13-16-19-21-23-24-25-26-27-28-29-30-31-32-33-34-35-36-37-38-39-40-41-42-43-44-46-47-49-52-55-58-61-67(70)73-64-65(63-72-66(69)60-57-54-51-18-15-12-9-6-3)74-68(71)62-59-56-53-50-48-45-22-20-17-14-11-8-5-2/h7,10,16,19-20,22-24,26-27,29-30,32-33,35-36,38-39,41-42,65H,4-6,8-9,11-15,17-18,21,25,28,31,34,37,40,43-64H2,1-3H3/b10-7-,19-16-,22-20-,24-23-,27-26-,30-29-,33-32-,36-35-,39-38-,42-41-. The Hall–Kier alpha value is -4.19. The third kappa shape index (κ3) is 58.7. The van der Waals surface area contributed by atoms with Gasteiger partial charge in [-0.2, -0.15) is 0 Å². The minimum absolute atomic E-state index is 0.0844. The Labute approximate surface area is 456 Å². The number of hydrogen-bond acceptors (Lipinski definition) is 6. The zero-order valence-corrected chi connectivity index (χ0v) is 48.1. The van der Waals surface area contributed by atoms with E-state index in [9.17, 15) is 14.4 Å². The van der Waals surface area contributed by atoms with E-state index in [2.05, 4.69) is 142 Å². The van der Waals surface area contributed by atoms with Crippen molar-refractivity contribution in [3.63, 3.8) is 0 Å². The molecule has 0 saturated heterocycles. The van der Waals surface area contributed by atoms with Gasteiger partial charge in [0.05, 0.1) is 0 Å². The maximum Gasteiger partial charge on any atom is 0.306 e. The second-order valence-electron chi connectivity index (χ2n) is 19.9. The lowest BCUT2D eigenvalue weighted by atomic mass is 10.1. The Kier molecular flexibility index (Phi) is 57.9. The monoisotopic (exact) mass is 1020 g/mol. The van der Waals surface area contributed by atoms with Crippen LogP contribution < -0.4 is 0 Å². The first kappa shape index (κ1) is 69.8. The smallest absolute Gasteiger partial charge is 0.306 e. The van der Waals surface area contributed by atoms with E-state index in [1.54, 1.807) is 0 Å². The molecule has 0 radical (unpaired) electrons. The molecule has 0 aromatic rings. The number of unbranched alkanes of at least 4 members (excludes halogenated alkanes) is 23. The summed E-state index contributed by atoms with van der Waals surface area (Å²) in [5, 5.41) is 0. The number of rotatable bonds is 54. The summed E-state index contributed by atoms with van der Waals surface area (Å²) in [7, 11) is 0. The maximum atomic E-state index is 12.8. The van der Waals surface area contributed by atoms with Crippen molar-refractivity contribution in [2.24, 2.45) is 0 Å². The molecule has 0 aliphatic carbocycles. The van der Waals surface area contributed by atoms with Crippen molar-refractivity contribution in [2.75, 3.05) is 13.2 Å². The minimum atomic E-state index is -0.785. The molecule has 0 aliphatic rings. The molecule has 0 aliphatic heterocycles. The quantitative estimate of drug-likeness (QED) is 0.0261. The molecule has 0 aromatic carbocycles. The van der Waals surface area contributed by atoms with E-state index < -0.39 is 6.10 Å². The number of allylic oxidation sites excluding steroid dienone is 20. The van der Waals surface area contributed by atoms with Crippen LogP contribution in [0.4, 0.5) is 0 Å². The van der Waals surface area contributed by atoms with Crippen LogP contribution in [0.5, 0.6) is 0 Å². The molecule has 6 heteroatoms. The van der Waals surface area contributed by atoms with Gasteiger partial charge in [0.1, 0.15) is 13.2 Å². The number of carbonyl (C=O) groups excluding carboxylic acids is 3. The van der Waals surface area contributed by atoms with Crippen LogP contribution in [0.1, 0.15) is 271 Å². The van der Waals surface area contributed by atoms with Crippen molar-refractivity contribution in [1.29, 1.82) is 0 Å². The van der Waals surface area contributed by atoms with Gasteiger partial charge in [-0.3, -0.25) is 14.4 Å². The molecule has 6 nitrogen and oxygen atoms in total. The lowest BCUT2D eigenvalue weighted by Crippen LogP contribution is -2.30. The zero-order valence-electron chi connectivity index (χ0n) is 48.1. The van der Waals surface area contributed by atoms with Crippen LogP contribution >= 0.6 is 0 Å². The van der Waals surface area contributed by atoms with Gasteiger partial charge in [-0.05, 0) is 116 Å². The molecule has 0 heterocycles. The summed E-state index contributed by atoms with van der Waals surface area (Å²) in [6, 6.07) is 0. The van der Waals surface area contributed by atoms with Crippen LogP contribution in [0.3, 0.4) is 0 Å². The van der Waals surface area contributed by atoms with Crippen LogP contribution in [-0.4, -0.2) is 37.2 Å². The fraction of sp³-hybridized carbons (Fsp3) is 0.662. The minimum Gasteiger partial charge on any atom is -0.462 e. The molecule has 0 aromatic heterocycles. The maximum absolute atomic E-state index is 12.8. The molecule has 74 heavy (non-hydrogen) atoms. The predicted octanol–water partition coefficient (Wildman–Crippen LogP) is 20.8. The highest BCUT2D eigenvalue weighted by atomic mass is 16.6. The van der Waals surface area contributed by atoms with Gasteiger partial charge in [-0.25, -0.2) is 0 Å². The van der Waals surface area contributed by atoms with Crippen molar-refractivity contribution in [3.8, 4) is 0 Å². The largest absolute Gasteiger partial charge is 0.462 e. The molecule has 0 amide bonds. The van der Waals surface area contributed by atoms with Gasteiger partial charge in [-0.15, -0.1) is 0 Å². The van der Waals surface area contributed by atoms with Crippen molar-refractivity contribution in [1.82, 2.24) is 0 Å². The third-order valence-corrected chi connectivity index (χ3v) is 12.7. The highest BCUT2D eigenvalue weighted by molar-refractivity contribution is 5.71. The van der Waals surface area contributed by atoms with Gasteiger partial charge in [0.2, 0.25) is 0 Å². The van der Waals surface area contributed by atoms with Gasteiger partial charge < -0.3 is 14.2 Å². The molecule has 0 N–H and O–H groups in total. The Balaban J connectivity index is 4.15. The summed E-state index contributed by atoms with van der Waals surface area (Å²) in [6.45, 7) is 6.46. The van der Waals surface area contributed by atoms with E-state index in [0.29, 0.717) is 19.3 Å². The summed E-state index contributed by atoms with van der Waals surface area (Å²) in [4.78, 5) is 38.0. The number of ether oxygens (including phenoxy) is 3.